The summed E-state index contributed by atoms with van der Waals surface area (Å²) in [4.78, 5) is 39.3. The van der Waals surface area contributed by atoms with E-state index in [1.165, 1.54) is 27.2 Å². The fourth-order valence-electron chi connectivity index (χ4n) is 4.28. The van der Waals surface area contributed by atoms with Crippen molar-refractivity contribution in [3.8, 4) is 60.2 Å². The van der Waals surface area contributed by atoms with Gasteiger partial charge in [-0.3, -0.25) is 23.3 Å². The van der Waals surface area contributed by atoms with Crippen LogP contribution in [0.25, 0.3) is 0 Å². The average Bonchev–Trinajstić information content (AvgIpc) is 4.07. The molecule has 2 aromatic heterocycles. The summed E-state index contributed by atoms with van der Waals surface area (Å²) in [7, 11) is -1.54. The van der Waals surface area contributed by atoms with Crippen LogP contribution in [-0.2, 0) is 81.7 Å². The second-order valence-corrected chi connectivity index (χ2v) is 21.7. The summed E-state index contributed by atoms with van der Waals surface area (Å²) in [6.45, 7) is 10.6. The molecule has 3 aliphatic rings. The van der Waals surface area contributed by atoms with Crippen LogP contribution in [0, 0.1) is 67.1 Å². The van der Waals surface area contributed by atoms with Gasteiger partial charge in [0, 0.05) is 40.8 Å². The number of carbonyl (C=O) groups excluding carboxylic acids is 4. The quantitative estimate of drug-likeness (QED) is 0.0659. The zero-order chi connectivity index (χ0) is 64.8. The monoisotopic (exact) mass is 1510 g/mol. The van der Waals surface area contributed by atoms with Crippen LogP contribution >= 0.6 is 95.7 Å². The number of aliphatic hydroxyl groups excluding tert-OH is 4. The number of hydrogen-bond acceptors (Lipinski definition) is 20. The van der Waals surface area contributed by atoms with E-state index in [9.17, 15) is 23.3 Å². The number of ketones is 2. The van der Waals surface area contributed by atoms with Crippen molar-refractivity contribution in [1.82, 2.24) is 0 Å². The summed E-state index contributed by atoms with van der Waals surface area (Å²) in [6.07, 6.45) is 23.2. The maximum atomic E-state index is 10.4. The molecule has 2 aromatic rings. The van der Waals surface area contributed by atoms with E-state index in [1.807, 2.05) is 12.0 Å². The van der Waals surface area contributed by atoms with Crippen LogP contribution in [0.5, 0.6) is 0 Å². The maximum absolute atomic E-state index is 10.4. The minimum absolute atomic E-state index is 0. The average molecular weight is 1510 g/mol. The number of terminal acetylenes is 2. The van der Waals surface area contributed by atoms with Crippen molar-refractivity contribution in [2.24, 2.45) is 0 Å². The molecule has 0 bridgehead atoms. The van der Waals surface area contributed by atoms with E-state index < -0.39 is 41.2 Å². The third kappa shape index (κ3) is 103. The molecule has 4 atom stereocenters. The first-order valence-electron chi connectivity index (χ1n) is 24.0. The summed E-state index contributed by atoms with van der Waals surface area (Å²) in [5.74, 6) is 19.9. The van der Waals surface area contributed by atoms with Gasteiger partial charge < -0.3 is 62.5 Å². The Bertz CT molecular complexity index is 2200. The van der Waals surface area contributed by atoms with Crippen LogP contribution in [0.3, 0.4) is 0 Å². The van der Waals surface area contributed by atoms with E-state index >= 15 is 0 Å². The number of furan rings is 2. The van der Waals surface area contributed by atoms with Crippen LogP contribution < -0.4 is 0 Å². The Morgan fingerprint density at radius 1 is 0.914 bits per heavy atom. The minimum atomic E-state index is -3.22. The summed E-state index contributed by atoms with van der Waals surface area (Å²) in [5.41, 5.74) is 0. The van der Waals surface area contributed by atoms with E-state index in [-0.39, 0.29) is 74.7 Å². The molecule has 4 unspecified atom stereocenters. The van der Waals surface area contributed by atoms with Gasteiger partial charge in [0.2, 0.25) is 11.6 Å². The molecule has 5 rings (SSSR count). The van der Waals surface area contributed by atoms with Gasteiger partial charge in [-0.05, 0) is 168 Å². The Kier molecular flexibility index (Phi) is 96.1. The van der Waals surface area contributed by atoms with Gasteiger partial charge in [-0.25, -0.2) is 0 Å². The Morgan fingerprint density at radius 2 is 1.28 bits per heavy atom. The van der Waals surface area contributed by atoms with Crippen molar-refractivity contribution in [2.45, 2.75) is 125 Å². The van der Waals surface area contributed by atoms with E-state index in [0.29, 0.717) is 25.3 Å². The fourth-order valence-corrected chi connectivity index (χ4v) is 4.99. The Morgan fingerprint density at radius 3 is 1.49 bits per heavy atom. The van der Waals surface area contributed by atoms with Gasteiger partial charge in [0.15, 0.2) is 42.7 Å². The molecule has 0 radical (unpaired) electrons. The first-order chi connectivity index (χ1) is 38.8. The number of carbonyl (C=O) groups is 4. The number of rotatable bonds is 7. The first-order valence-corrected chi connectivity index (χ1v) is 30.8. The third-order valence-electron chi connectivity index (χ3n) is 6.89. The molecule has 0 amide bonds. The molecule has 3 saturated heterocycles. The second-order valence-electron chi connectivity index (χ2n) is 13.1. The molecule has 5 heterocycles. The van der Waals surface area contributed by atoms with Gasteiger partial charge in [-0.2, -0.15) is 0 Å². The van der Waals surface area contributed by atoms with Gasteiger partial charge >= 0.3 is 30.2 Å². The predicted molar refractivity (Wildman–Crippen MR) is 327 cm³/mol. The molecule has 81 heavy (non-hydrogen) atoms. The summed E-state index contributed by atoms with van der Waals surface area (Å²) < 4.78 is 97.1. The van der Waals surface area contributed by atoms with Crippen molar-refractivity contribution in [3.05, 3.63) is 45.1 Å². The van der Waals surface area contributed by atoms with Gasteiger partial charge in [0.05, 0.1) is 23.7 Å². The number of aliphatic hydroxyl groups is 4. The SMILES string of the molecule is Br.Brc1ccoc1.C.C#CCO.C#CCOC1CCCCO1.CC(=O)C#CCO.CC(=O)C#CCOC1CCCCO1.CC(O)C#CCOC1CCCCO1.CC=O.CO.Cc1cc(Br)c(C=O)o1.O=P(Cl)(Cl)Cl.[2H]CF.[3H][P+]([3H])=S.[O]=[Mn]=[O]. The van der Waals surface area contributed by atoms with Crippen LogP contribution in [0.1, 0.15) is 111 Å². The number of hydrogen-bond donors (Lipinski definition) is 4. The number of alkyl halides is 1. The van der Waals surface area contributed by atoms with E-state index in [4.69, 9.17) is 76.1 Å². The van der Waals surface area contributed by atoms with E-state index in [0.717, 1.165) is 99.3 Å². The zero-order valence-corrected chi connectivity index (χ0v) is 55.9. The van der Waals surface area contributed by atoms with Crippen LogP contribution in [0.2, 0.25) is 0 Å². The normalized spacial score (nSPS) is 14.8. The Hall–Kier alpha value is -2.25. The molecule has 3 aliphatic heterocycles. The summed E-state index contributed by atoms with van der Waals surface area (Å²) in [6, 6.07) is 3.59. The fraction of sp³-hybridized carbons (Fsp3) is 0.569. The molecule has 0 spiro atoms. The number of ether oxygens (including phenoxy) is 6. The molecular weight excluding hydrogens is 1430 g/mol. The van der Waals surface area contributed by atoms with Crippen molar-refractivity contribution < 1.29 is 110 Å². The first kappa shape index (κ1) is 92.5. The molecule has 0 aliphatic carbocycles. The molecule has 0 aromatic carbocycles. The molecular formula is C51H78Br3Cl3FMnO19P2S+. The van der Waals surface area contributed by atoms with E-state index in [2.05, 4.69) is 130 Å². The Balaban J connectivity index is -0.0000000914. The molecule has 467 valence electrons. The molecule has 4 N–H and O–H groups in total. The standard InChI is InChI=1S/C10H16O3.C10H14O3.C8H12O2.C6H5BrO2.C5H6O2.C4H3BrO.C3H4O.C2H4O.CH3F.CH4O.CH4.BrH.Cl3OP.Mn.2O.HPS/c2*1-9(11)5-4-8-13-10-6-2-3-7-12-10;1-2-6-9-8-5-3-4-7-10-8;1-4-2-5(7)6(3-8)9-4;1-5(7)3-2-4-6;5-4-1-2-6-3-4;1-2-3-4;1-2-3;2*1-2;;;1-5(2,3)4;;;;1-2/h9-11H,2-3,6-8H2,1H3;10H,2-3,6-8H2,1H3;1,8H,3-7H2;2-3H,1H3;6H,4H2,1H3;1-3H;1,4H,3H2;2H,1H3;1H3;2H,1H3;1H4;1H;;;;;1H/p+1/i;;;;;;;;1D;;;;;;;;1T/hT. The second kappa shape index (κ2) is 84.2. The van der Waals surface area contributed by atoms with Crippen LogP contribution in [0.4, 0.5) is 4.39 Å². The molecule has 19 nitrogen and oxygen atoms in total. The van der Waals surface area contributed by atoms with Crippen LogP contribution in [0.15, 0.2) is 42.4 Å². The van der Waals surface area contributed by atoms with E-state index in [1.54, 1.807) is 32.4 Å². The number of halogens is 7. The third-order valence-corrected chi connectivity index (χ3v) is 7.96. The van der Waals surface area contributed by atoms with Gasteiger partial charge in [-0.15, -0.1) is 29.8 Å². The number of Topliss-reactive ketones (excluding diaryl/α,β-unsaturated/α-hetero) is 2. The topological polar surface area (TPSA) is 282 Å². The molecule has 30 heteroatoms. The molecule has 0 saturated carbocycles. The Labute approximate surface area is 537 Å². The zero-order valence-electron chi connectivity index (χ0n) is 47.9. The molecule has 3 fully saturated rings. The summed E-state index contributed by atoms with van der Waals surface area (Å²) in [5, 5.41) is 28.2. The van der Waals surface area contributed by atoms with Crippen LogP contribution in [-0.4, -0.2) is 139 Å². The number of aryl methyl sites for hydroxylation is 1. The van der Waals surface area contributed by atoms with Gasteiger partial charge in [0.25, 0.3) is 0 Å². The van der Waals surface area contributed by atoms with Crippen molar-refractivity contribution in [1.29, 1.82) is 2.56 Å². The van der Waals surface area contributed by atoms with Crippen molar-refractivity contribution >= 4 is 132 Å². The van der Waals surface area contributed by atoms with Crippen molar-refractivity contribution in [3.63, 3.8) is 0 Å². The van der Waals surface area contributed by atoms with Gasteiger partial charge in [-0.1, -0.05) is 42.9 Å². The summed E-state index contributed by atoms with van der Waals surface area (Å²) >= 11 is 22.8. The van der Waals surface area contributed by atoms with Gasteiger partial charge in [0.1, 0.15) is 65.4 Å². The number of aldehydes is 2. The predicted octanol–water partition coefficient (Wildman–Crippen LogP) is 11.1. The van der Waals surface area contributed by atoms with Crippen molar-refractivity contribution in [2.75, 3.05) is 67.1 Å².